The summed E-state index contributed by atoms with van der Waals surface area (Å²) in [5, 5.41) is 7.42. The van der Waals surface area contributed by atoms with Crippen molar-refractivity contribution in [1.82, 2.24) is 5.16 Å². The maximum atomic E-state index is 12.6. The maximum Gasteiger partial charge on any atom is 0.412 e. The third-order valence-corrected chi connectivity index (χ3v) is 6.16. The summed E-state index contributed by atoms with van der Waals surface area (Å²) < 4.78 is 15.9. The number of nitrogens with zero attached hydrogens (tertiary/aromatic N) is 1. The van der Waals surface area contributed by atoms with Crippen LogP contribution >= 0.6 is 11.6 Å². The number of rotatable bonds is 8. The quantitative estimate of drug-likeness (QED) is 0.245. The SMILES string of the molecule is CCOC(=O)Cc1ccc(-c2ccc(-c3noc(C)c3NC(=O)OC(C)c3ccccc3Cl)cc2)cc1. The molecule has 3 aromatic carbocycles. The highest BCUT2D eigenvalue weighted by molar-refractivity contribution is 6.31. The molecule has 4 rings (SSSR count). The number of hydrogen-bond acceptors (Lipinski definition) is 6. The van der Waals surface area contributed by atoms with Gasteiger partial charge in [0.05, 0.1) is 13.0 Å². The van der Waals surface area contributed by atoms with Crippen molar-refractivity contribution in [2.45, 2.75) is 33.3 Å². The fourth-order valence-corrected chi connectivity index (χ4v) is 4.18. The van der Waals surface area contributed by atoms with Gasteiger partial charge in [-0.2, -0.15) is 0 Å². The second-order valence-corrected chi connectivity index (χ2v) is 8.82. The predicted octanol–water partition coefficient (Wildman–Crippen LogP) is 7.39. The van der Waals surface area contributed by atoms with Gasteiger partial charge in [-0.15, -0.1) is 0 Å². The van der Waals surface area contributed by atoms with Crippen LogP contribution < -0.4 is 5.32 Å². The Balaban J connectivity index is 1.45. The number of aryl methyl sites for hydroxylation is 1. The van der Waals surface area contributed by atoms with Gasteiger partial charge >= 0.3 is 12.1 Å². The molecule has 37 heavy (non-hydrogen) atoms. The molecule has 0 radical (unpaired) electrons. The molecule has 1 atom stereocenters. The molecule has 1 N–H and O–H groups in total. The molecule has 0 aliphatic heterocycles. The van der Waals surface area contributed by atoms with Crippen LogP contribution in [0.15, 0.2) is 77.3 Å². The molecule has 0 aliphatic carbocycles. The van der Waals surface area contributed by atoms with Crippen molar-refractivity contribution in [3.05, 3.63) is 94.7 Å². The van der Waals surface area contributed by atoms with Crippen LogP contribution in [-0.4, -0.2) is 23.8 Å². The summed E-state index contributed by atoms with van der Waals surface area (Å²) in [5.74, 6) is 0.215. The van der Waals surface area contributed by atoms with E-state index in [0.717, 1.165) is 22.3 Å². The van der Waals surface area contributed by atoms with E-state index in [9.17, 15) is 9.59 Å². The van der Waals surface area contributed by atoms with E-state index in [0.29, 0.717) is 34.3 Å². The van der Waals surface area contributed by atoms with Gasteiger partial charge in [0.25, 0.3) is 0 Å². The molecule has 0 saturated heterocycles. The minimum absolute atomic E-state index is 0.242. The normalized spacial score (nSPS) is 11.6. The van der Waals surface area contributed by atoms with Crippen LogP contribution in [0, 0.1) is 6.92 Å². The zero-order valence-electron chi connectivity index (χ0n) is 20.8. The molecule has 1 amide bonds. The summed E-state index contributed by atoms with van der Waals surface area (Å²) in [6.45, 7) is 5.63. The van der Waals surface area contributed by atoms with Gasteiger partial charge in [0.1, 0.15) is 17.5 Å². The minimum atomic E-state index is -0.639. The molecular weight excluding hydrogens is 492 g/mol. The first-order valence-corrected chi connectivity index (χ1v) is 12.3. The molecule has 1 heterocycles. The second kappa shape index (κ2) is 11.8. The third kappa shape index (κ3) is 6.37. The van der Waals surface area contributed by atoms with Gasteiger partial charge < -0.3 is 14.0 Å². The average Bonchev–Trinajstić information content (AvgIpc) is 3.24. The number of esters is 1. The molecular formula is C29H27ClN2O5. The average molecular weight is 519 g/mol. The lowest BCUT2D eigenvalue weighted by Gasteiger charge is -2.15. The Labute approximate surface area is 220 Å². The van der Waals surface area contributed by atoms with Gasteiger partial charge in [0.2, 0.25) is 0 Å². The van der Waals surface area contributed by atoms with Crippen LogP contribution in [0.3, 0.4) is 0 Å². The Kier molecular flexibility index (Phi) is 8.25. The summed E-state index contributed by atoms with van der Waals surface area (Å²) >= 11 is 6.22. The Morgan fingerprint density at radius 2 is 1.59 bits per heavy atom. The Hall–Kier alpha value is -4.10. The van der Waals surface area contributed by atoms with Gasteiger partial charge in [-0.25, -0.2) is 4.79 Å². The Morgan fingerprint density at radius 1 is 0.973 bits per heavy atom. The number of halogens is 1. The lowest BCUT2D eigenvalue weighted by Crippen LogP contribution is -2.17. The summed E-state index contributed by atoms with van der Waals surface area (Å²) in [7, 11) is 0. The summed E-state index contributed by atoms with van der Waals surface area (Å²) in [5.41, 5.74) is 5.31. The number of anilines is 1. The zero-order chi connectivity index (χ0) is 26.4. The maximum absolute atomic E-state index is 12.6. The molecule has 8 heteroatoms. The lowest BCUT2D eigenvalue weighted by molar-refractivity contribution is -0.142. The van der Waals surface area contributed by atoms with Gasteiger partial charge in [-0.3, -0.25) is 10.1 Å². The molecule has 1 aromatic heterocycles. The van der Waals surface area contributed by atoms with Crippen molar-refractivity contribution in [1.29, 1.82) is 0 Å². The van der Waals surface area contributed by atoms with E-state index in [1.807, 2.05) is 66.7 Å². The smallest absolute Gasteiger partial charge is 0.412 e. The van der Waals surface area contributed by atoms with Crippen LogP contribution in [-0.2, 0) is 20.7 Å². The first-order valence-electron chi connectivity index (χ1n) is 11.9. The lowest BCUT2D eigenvalue weighted by atomic mass is 10.0. The number of ether oxygens (including phenoxy) is 2. The molecule has 0 fully saturated rings. The molecule has 0 saturated carbocycles. The monoisotopic (exact) mass is 518 g/mol. The largest absolute Gasteiger partial charge is 0.466 e. The number of carbonyl (C=O) groups is 2. The number of hydrogen-bond donors (Lipinski definition) is 1. The number of nitrogens with one attached hydrogen (secondary N) is 1. The fraction of sp³-hybridized carbons (Fsp3) is 0.207. The first kappa shape index (κ1) is 26.0. The van der Waals surface area contributed by atoms with Crippen molar-refractivity contribution in [3.63, 3.8) is 0 Å². The van der Waals surface area contributed by atoms with Gasteiger partial charge in [0.15, 0.2) is 5.76 Å². The van der Waals surface area contributed by atoms with E-state index in [-0.39, 0.29) is 12.4 Å². The summed E-state index contributed by atoms with van der Waals surface area (Å²) in [6, 6.07) is 22.7. The van der Waals surface area contributed by atoms with E-state index in [1.165, 1.54) is 0 Å². The van der Waals surface area contributed by atoms with E-state index in [1.54, 1.807) is 26.8 Å². The number of benzene rings is 3. The fourth-order valence-electron chi connectivity index (χ4n) is 3.89. The van der Waals surface area contributed by atoms with Gasteiger partial charge in [0, 0.05) is 16.1 Å². The van der Waals surface area contributed by atoms with Crippen LogP contribution in [0.4, 0.5) is 10.5 Å². The van der Waals surface area contributed by atoms with Crippen molar-refractivity contribution < 1.29 is 23.6 Å². The summed E-state index contributed by atoms with van der Waals surface area (Å²) in [4.78, 5) is 24.3. The van der Waals surface area contributed by atoms with Crippen LogP contribution in [0.5, 0.6) is 0 Å². The molecule has 7 nitrogen and oxygen atoms in total. The molecule has 4 aromatic rings. The zero-order valence-corrected chi connectivity index (χ0v) is 21.5. The molecule has 0 spiro atoms. The molecule has 0 aliphatic rings. The van der Waals surface area contributed by atoms with Crippen molar-refractivity contribution in [3.8, 4) is 22.4 Å². The highest BCUT2D eigenvalue weighted by atomic mass is 35.5. The number of amides is 1. The van der Waals surface area contributed by atoms with Crippen LogP contribution in [0.25, 0.3) is 22.4 Å². The standard InChI is InChI=1S/C29H27ClN2O5/c1-4-35-26(33)17-20-9-11-21(12-10-20)22-13-15-23(16-14-22)28-27(19(3)37-32-28)31-29(34)36-18(2)24-7-5-6-8-25(24)30/h5-16,18H,4,17H2,1-3H3,(H,31,34). The number of carbonyl (C=O) groups excluding carboxylic acids is 2. The predicted molar refractivity (Wildman–Crippen MR) is 142 cm³/mol. The minimum Gasteiger partial charge on any atom is -0.466 e. The van der Waals surface area contributed by atoms with E-state index >= 15 is 0 Å². The molecule has 190 valence electrons. The highest BCUT2D eigenvalue weighted by Gasteiger charge is 2.20. The Morgan fingerprint density at radius 3 is 2.24 bits per heavy atom. The molecule has 1 unspecified atom stereocenters. The topological polar surface area (TPSA) is 90.7 Å². The molecule has 0 bridgehead atoms. The first-order chi connectivity index (χ1) is 17.9. The van der Waals surface area contributed by atoms with Crippen molar-refractivity contribution in [2.75, 3.05) is 11.9 Å². The Bertz CT molecular complexity index is 1380. The third-order valence-electron chi connectivity index (χ3n) is 5.82. The number of aromatic nitrogens is 1. The van der Waals surface area contributed by atoms with E-state index in [4.69, 9.17) is 25.6 Å². The van der Waals surface area contributed by atoms with Gasteiger partial charge in [-0.1, -0.05) is 83.5 Å². The highest BCUT2D eigenvalue weighted by Crippen LogP contribution is 2.33. The van der Waals surface area contributed by atoms with E-state index in [2.05, 4.69) is 10.5 Å². The summed E-state index contributed by atoms with van der Waals surface area (Å²) in [6.07, 6.45) is -0.937. The van der Waals surface area contributed by atoms with Gasteiger partial charge in [-0.05, 0) is 43.5 Å². The van der Waals surface area contributed by atoms with Crippen molar-refractivity contribution in [2.24, 2.45) is 0 Å². The van der Waals surface area contributed by atoms with Crippen LogP contribution in [0.2, 0.25) is 5.02 Å². The second-order valence-electron chi connectivity index (χ2n) is 8.41. The van der Waals surface area contributed by atoms with Crippen molar-refractivity contribution >= 4 is 29.4 Å². The van der Waals surface area contributed by atoms with Crippen LogP contribution in [0.1, 0.15) is 36.8 Å². The van der Waals surface area contributed by atoms with E-state index < -0.39 is 12.2 Å².